The molecule has 4 rings (SSSR count). The number of nitrogens with zero attached hydrogens (tertiary/aromatic N) is 3. The number of carbonyl (C=O) groups excluding carboxylic acids is 3. The van der Waals surface area contributed by atoms with Crippen molar-refractivity contribution in [3.63, 3.8) is 0 Å². The molecular formula is C27H37N5O4. The van der Waals surface area contributed by atoms with E-state index in [-0.39, 0.29) is 35.4 Å². The lowest BCUT2D eigenvalue weighted by molar-refractivity contribution is -0.151. The molecule has 9 heteroatoms. The van der Waals surface area contributed by atoms with Gasteiger partial charge in [0.1, 0.15) is 11.7 Å². The van der Waals surface area contributed by atoms with E-state index >= 15 is 0 Å². The molecule has 0 radical (unpaired) electrons. The van der Waals surface area contributed by atoms with Crippen LogP contribution < -0.4 is 10.6 Å². The second kappa shape index (κ2) is 10.4. The molecule has 2 fully saturated rings. The van der Waals surface area contributed by atoms with Crippen molar-refractivity contribution in [1.82, 2.24) is 25.3 Å². The van der Waals surface area contributed by atoms with Crippen molar-refractivity contribution in [2.75, 3.05) is 13.7 Å². The largest absolute Gasteiger partial charge is 0.469 e. The molecule has 1 aromatic carbocycles. The highest BCUT2D eigenvalue weighted by Crippen LogP contribution is 2.33. The molecule has 1 unspecified atom stereocenters. The minimum absolute atomic E-state index is 0.0663. The molecule has 2 heterocycles. The molecule has 9 nitrogen and oxygen atoms in total. The number of aromatic nitrogens is 2. The monoisotopic (exact) mass is 495 g/mol. The number of aryl methyl sites for hydroxylation is 1. The van der Waals surface area contributed by atoms with E-state index in [0.717, 1.165) is 12.0 Å². The zero-order valence-corrected chi connectivity index (χ0v) is 21.8. The summed E-state index contributed by atoms with van der Waals surface area (Å²) < 4.78 is 6.64. The summed E-state index contributed by atoms with van der Waals surface area (Å²) in [5, 5.41) is 10.9. The summed E-state index contributed by atoms with van der Waals surface area (Å²) in [6.45, 7) is 6.82. The Morgan fingerprint density at radius 1 is 1.11 bits per heavy atom. The Balaban J connectivity index is 1.43. The van der Waals surface area contributed by atoms with E-state index in [4.69, 9.17) is 4.74 Å². The van der Waals surface area contributed by atoms with Crippen LogP contribution in [0.1, 0.15) is 56.9 Å². The average Bonchev–Trinajstić information content (AvgIpc) is 3.40. The third-order valence-electron chi connectivity index (χ3n) is 7.08. The highest BCUT2D eigenvalue weighted by atomic mass is 16.5. The third kappa shape index (κ3) is 5.61. The fourth-order valence-corrected chi connectivity index (χ4v) is 5.50. The topological polar surface area (TPSA) is 106 Å². The Bertz CT molecular complexity index is 1110. The standard InChI is InChI=1S/C27H37N5O4/c1-27(2,3)29-18-11-12-22(19(15-18)26(35)36-5)32-14-13-20(25(32)34)28-24(33)23-16-21(30-31(23)4)17-9-7-6-8-10-17/h6-10,16,18-20,22,29H,11-15H2,1-5H3,(H,28,33)/t18-,19-,20?,22+/m1/s1. The zero-order valence-electron chi connectivity index (χ0n) is 21.8. The molecule has 194 valence electrons. The smallest absolute Gasteiger partial charge is 0.310 e. The summed E-state index contributed by atoms with van der Waals surface area (Å²) in [6.07, 6.45) is 2.70. The van der Waals surface area contributed by atoms with Crippen LogP contribution in [-0.4, -0.2) is 69.8 Å². The fourth-order valence-electron chi connectivity index (χ4n) is 5.50. The van der Waals surface area contributed by atoms with Gasteiger partial charge in [0, 0.05) is 36.8 Å². The van der Waals surface area contributed by atoms with Gasteiger partial charge in [0.05, 0.1) is 18.7 Å². The number of amides is 2. The molecule has 2 aromatic rings. The predicted octanol–water partition coefficient (Wildman–Crippen LogP) is 2.52. The van der Waals surface area contributed by atoms with Crippen molar-refractivity contribution in [2.24, 2.45) is 13.0 Å². The lowest BCUT2D eigenvalue weighted by Gasteiger charge is -2.41. The molecule has 1 aliphatic carbocycles. The summed E-state index contributed by atoms with van der Waals surface area (Å²) in [5.74, 6) is -1.17. The van der Waals surface area contributed by atoms with Crippen molar-refractivity contribution in [3.05, 3.63) is 42.1 Å². The van der Waals surface area contributed by atoms with Crippen molar-refractivity contribution < 1.29 is 19.1 Å². The van der Waals surface area contributed by atoms with E-state index in [0.29, 0.717) is 37.2 Å². The van der Waals surface area contributed by atoms with Crippen LogP contribution in [0.15, 0.2) is 36.4 Å². The van der Waals surface area contributed by atoms with Gasteiger partial charge >= 0.3 is 5.97 Å². The lowest BCUT2D eigenvalue weighted by atomic mass is 9.80. The Hall–Kier alpha value is -3.20. The number of benzene rings is 1. The summed E-state index contributed by atoms with van der Waals surface area (Å²) in [5.41, 5.74) is 1.94. The minimum atomic E-state index is -0.628. The van der Waals surface area contributed by atoms with Gasteiger partial charge in [0.15, 0.2) is 0 Å². The molecule has 1 saturated heterocycles. The first-order valence-corrected chi connectivity index (χ1v) is 12.6. The van der Waals surface area contributed by atoms with Crippen molar-refractivity contribution >= 4 is 17.8 Å². The number of ether oxygens (including phenoxy) is 1. The van der Waals surface area contributed by atoms with E-state index in [1.54, 1.807) is 18.0 Å². The normalized spacial score (nSPS) is 24.6. The number of nitrogens with one attached hydrogen (secondary N) is 2. The number of hydrogen-bond acceptors (Lipinski definition) is 6. The maximum absolute atomic E-state index is 13.4. The second-order valence-electron chi connectivity index (χ2n) is 10.9. The number of esters is 1. The molecular weight excluding hydrogens is 458 g/mol. The van der Waals surface area contributed by atoms with E-state index in [2.05, 4.69) is 36.5 Å². The maximum Gasteiger partial charge on any atom is 0.310 e. The van der Waals surface area contributed by atoms with E-state index in [1.165, 1.54) is 11.8 Å². The van der Waals surface area contributed by atoms with Gasteiger partial charge in [-0.2, -0.15) is 5.10 Å². The van der Waals surface area contributed by atoms with Crippen LogP contribution in [0, 0.1) is 5.92 Å². The average molecular weight is 496 g/mol. The molecule has 2 aliphatic rings. The van der Waals surface area contributed by atoms with Crippen LogP contribution in [0.4, 0.5) is 0 Å². The van der Waals surface area contributed by atoms with Crippen LogP contribution in [-0.2, 0) is 21.4 Å². The molecule has 0 bridgehead atoms. The third-order valence-corrected chi connectivity index (χ3v) is 7.08. The summed E-state index contributed by atoms with van der Waals surface area (Å²) in [4.78, 5) is 40.9. The van der Waals surface area contributed by atoms with Crippen molar-refractivity contribution in [2.45, 2.75) is 70.1 Å². The van der Waals surface area contributed by atoms with Gasteiger partial charge in [-0.15, -0.1) is 0 Å². The van der Waals surface area contributed by atoms with Crippen LogP contribution in [0.3, 0.4) is 0 Å². The fraction of sp³-hybridized carbons (Fsp3) is 0.556. The number of carbonyl (C=O) groups is 3. The van der Waals surface area contributed by atoms with E-state index in [9.17, 15) is 14.4 Å². The van der Waals surface area contributed by atoms with Crippen LogP contribution in [0.2, 0.25) is 0 Å². The SMILES string of the molecule is COC(=O)[C@@H]1C[C@H](NC(C)(C)C)CC[C@@H]1N1CCC(NC(=O)c2cc(-c3ccccc3)nn2C)C1=O. The first-order valence-electron chi connectivity index (χ1n) is 12.6. The zero-order chi connectivity index (χ0) is 26.0. The van der Waals surface area contributed by atoms with Crippen LogP contribution in [0.5, 0.6) is 0 Å². The molecule has 4 atom stereocenters. The van der Waals surface area contributed by atoms with Gasteiger partial charge in [-0.1, -0.05) is 30.3 Å². The number of rotatable bonds is 6. The number of hydrogen-bond donors (Lipinski definition) is 2. The molecule has 1 aliphatic heterocycles. The van der Waals surface area contributed by atoms with Gasteiger partial charge in [-0.05, 0) is 52.5 Å². The van der Waals surface area contributed by atoms with Crippen molar-refractivity contribution in [1.29, 1.82) is 0 Å². The van der Waals surface area contributed by atoms with E-state index < -0.39 is 12.0 Å². The Labute approximate surface area is 212 Å². The van der Waals surface area contributed by atoms with Gasteiger partial charge in [0.25, 0.3) is 5.91 Å². The first-order chi connectivity index (χ1) is 17.1. The van der Waals surface area contributed by atoms with Crippen molar-refractivity contribution in [3.8, 4) is 11.3 Å². The van der Waals surface area contributed by atoms with Crippen LogP contribution >= 0.6 is 0 Å². The number of likely N-dealkylation sites (tertiary alicyclic amines) is 1. The lowest BCUT2D eigenvalue weighted by Crippen LogP contribution is -2.55. The first kappa shape index (κ1) is 25.9. The molecule has 36 heavy (non-hydrogen) atoms. The quantitative estimate of drug-likeness (QED) is 0.597. The van der Waals surface area contributed by atoms with Gasteiger partial charge in [0.2, 0.25) is 5.91 Å². The van der Waals surface area contributed by atoms with E-state index in [1.807, 2.05) is 30.3 Å². The second-order valence-corrected chi connectivity index (χ2v) is 10.9. The predicted molar refractivity (Wildman–Crippen MR) is 136 cm³/mol. The van der Waals surface area contributed by atoms with Gasteiger partial charge in [-0.3, -0.25) is 19.1 Å². The summed E-state index contributed by atoms with van der Waals surface area (Å²) in [6, 6.07) is 10.7. The molecule has 1 saturated carbocycles. The van der Waals surface area contributed by atoms with Gasteiger partial charge < -0.3 is 20.3 Å². The highest BCUT2D eigenvalue weighted by molar-refractivity contribution is 5.97. The Kier molecular flexibility index (Phi) is 7.49. The van der Waals surface area contributed by atoms with Gasteiger partial charge in [-0.25, -0.2) is 0 Å². The summed E-state index contributed by atoms with van der Waals surface area (Å²) in [7, 11) is 3.11. The maximum atomic E-state index is 13.4. The molecule has 1 aromatic heterocycles. The minimum Gasteiger partial charge on any atom is -0.469 e. The molecule has 0 spiro atoms. The Morgan fingerprint density at radius 3 is 2.50 bits per heavy atom. The molecule has 2 N–H and O–H groups in total. The Morgan fingerprint density at radius 2 is 1.83 bits per heavy atom. The number of methoxy groups -OCH3 is 1. The van der Waals surface area contributed by atoms with Crippen LogP contribution in [0.25, 0.3) is 11.3 Å². The molecule has 2 amide bonds. The highest BCUT2D eigenvalue weighted by Gasteiger charge is 2.45. The summed E-state index contributed by atoms with van der Waals surface area (Å²) >= 11 is 0.